The van der Waals surface area contributed by atoms with Crippen molar-refractivity contribution in [2.45, 2.75) is 41.9 Å². The number of imide groups is 2. The highest BCUT2D eigenvalue weighted by atomic mass is 35.5. The summed E-state index contributed by atoms with van der Waals surface area (Å²) in [5.74, 6) is -21.2. The quantitative estimate of drug-likeness (QED) is 0.119. The van der Waals surface area contributed by atoms with Crippen LogP contribution >= 0.6 is 23.2 Å². The maximum Gasteiger partial charge on any atom is 0.258 e. The number of halogens is 7. The van der Waals surface area contributed by atoms with Gasteiger partial charge in [0.15, 0.2) is 44.5 Å². The monoisotopic (exact) mass is 672 g/mol. The Labute approximate surface area is 262 Å². The van der Waals surface area contributed by atoms with Crippen molar-refractivity contribution in [3.8, 4) is 11.5 Å². The van der Waals surface area contributed by atoms with Gasteiger partial charge in [0.05, 0.1) is 18.9 Å². The molecule has 8 nitrogen and oxygen atoms in total. The summed E-state index contributed by atoms with van der Waals surface area (Å²) in [7, 11) is 1.27. The lowest BCUT2D eigenvalue weighted by Crippen LogP contribution is -2.60. The molecule has 3 fully saturated rings. The molecule has 1 saturated carbocycles. The van der Waals surface area contributed by atoms with Crippen LogP contribution in [0.3, 0.4) is 0 Å². The first-order chi connectivity index (χ1) is 21.2. The zero-order valence-electron chi connectivity index (χ0n) is 23.5. The molecular formula is C30H23Cl2F5N2O6. The van der Waals surface area contributed by atoms with Crippen molar-refractivity contribution in [1.82, 2.24) is 4.90 Å². The Kier molecular flexibility index (Phi) is 7.24. The molecule has 6 atom stereocenters. The van der Waals surface area contributed by atoms with Crippen LogP contribution in [0, 0.1) is 46.8 Å². The number of alkyl halides is 2. The van der Waals surface area contributed by atoms with E-state index >= 15 is 8.78 Å². The molecule has 45 heavy (non-hydrogen) atoms. The fourth-order valence-corrected chi connectivity index (χ4v) is 8.27. The molecule has 0 spiro atoms. The van der Waals surface area contributed by atoms with Crippen molar-refractivity contribution >= 4 is 52.5 Å². The number of methoxy groups -OCH3 is 1. The summed E-state index contributed by atoms with van der Waals surface area (Å²) in [5.41, 5.74) is -1.51. The second kappa shape index (κ2) is 10.4. The van der Waals surface area contributed by atoms with Crippen molar-refractivity contribution < 1.29 is 51.0 Å². The van der Waals surface area contributed by atoms with Gasteiger partial charge in [0.25, 0.3) is 11.8 Å². The lowest BCUT2D eigenvalue weighted by Gasteiger charge is -2.50. The van der Waals surface area contributed by atoms with E-state index in [9.17, 15) is 37.5 Å². The predicted octanol–water partition coefficient (Wildman–Crippen LogP) is 5.07. The third kappa shape index (κ3) is 3.89. The minimum Gasteiger partial charge on any atom is -0.504 e. The zero-order chi connectivity index (χ0) is 32.9. The molecule has 0 radical (unpaired) electrons. The van der Waals surface area contributed by atoms with E-state index in [4.69, 9.17) is 27.9 Å². The zero-order valence-corrected chi connectivity index (χ0v) is 25.0. The molecule has 2 saturated heterocycles. The molecule has 6 unspecified atom stereocenters. The van der Waals surface area contributed by atoms with Crippen LogP contribution in [0.5, 0.6) is 11.5 Å². The number of benzene rings is 2. The SMILES string of the molecule is CCCN1C(=O)C2CC=C3C(CC4(Cl)C(=O)N(c5c(F)c(F)c(F)c(F)c5F)C(=O)C4(Cl)C3c3ccc(OC)c(O)c3)C2C1=O. The van der Waals surface area contributed by atoms with Gasteiger partial charge in [0.1, 0.15) is 5.69 Å². The molecule has 0 aromatic heterocycles. The Morgan fingerprint density at radius 3 is 2.13 bits per heavy atom. The molecule has 4 amide bonds. The van der Waals surface area contributed by atoms with Gasteiger partial charge in [-0.2, -0.15) is 0 Å². The molecule has 0 bridgehead atoms. The van der Waals surface area contributed by atoms with E-state index in [-0.39, 0.29) is 34.8 Å². The average molecular weight is 673 g/mol. The van der Waals surface area contributed by atoms with Gasteiger partial charge >= 0.3 is 0 Å². The van der Waals surface area contributed by atoms with Gasteiger partial charge in [-0.3, -0.25) is 24.1 Å². The number of nitrogens with zero attached hydrogens (tertiary/aromatic N) is 2. The molecule has 4 aliphatic rings. The Hall–Kier alpha value is -3.71. The number of fused-ring (bicyclic) bond motifs is 4. The maximum atomic E-state index is 15.1. The van der Waals surface area contributed by atoms with Crippen LogP contribution in [0.1, 0.15) is 37.7 Å². The number of carbonyl (C=O) groups excluding carboxylic acids is 4. The van der Waals surface area contributed by atoms with Crippen LogP contribution in [0.2, 0.25) is 0 Å². The smallest absolute Gasteiger partial charge is 0.258 e. The highest BCUT2D eigenvalue weighted by Gasteiger charge is 2.77. The first-order valence-corrected chi connectivity index (χ1v) is 14.6. The van der Waals surface area contributed by atoms with Gasteiger partial charge in [-0.05, 0) is 42.9 Å². The second-order valence-electron chi connectivity index (χ2n) is 11.5. The number of carbonyl (C=O) groups is 4. The number of hydrogen-bond donors (Lipinski definition) is 1. The fourth-order valence-electron chi connectivity index (χ4n) is 7.34. The molecule has 2 aliphatic carbocycles. The standard InChI is InChI=1S/C30H23Cl2F5N2O6/c1-3-8-38-25(41)13-6-5-12-14(17(13)26(38)42)10-29(31)27(43)39(24-22(36)20(34)19(33)21(35)23(24)37)28(44)30(29,32)18(12)11-4-7-16(45-2)15(40)9-11/h4-5,7,9,13-14,17-18,40H,3,6,8,10H2,1-2H3. The second-order valence-corrected chi connectivity index (χ2v) is 12.7. The number of amides is 4. The highest BCUT2D eigenvalue weighted by molar-refractivity contribution is 6.58. The first-order valence-electron chi connectivity index (χ1n) is 13.9. The summed E-state index contributed by atoms with van der Waals surface area (Å²) in [6, 6.07) is 3.85. The number of aromatic hydroxyl groups is 1. The van der Waals surface area contributed by atoms with E-state index in [0.717, 1.165) is 11.0 Å². The molecule has 2 aromatic rings. The van der Waals surface area contributed by atoms with E-state index in [2.05, 4.69) is 0 Å². The van der Waals surface area contributed by atoms with Gasteiger partial charge in [-0.15, -0.1) is 23.2 Å². The maximum absolute atomic E-state index is 15.1. The summed E-state index contributed by atoms with van der Waals surface area (Å²) in [4.78, 5) is 50.7. The number of phenols is 1. The van der Waals surface area contributed by atoms with Gasteiger partial charge < -0.3 is 9.84 Å². The Morgan fingerprint density at radius 2 is 1.56 bits per heavy atom. The van der Waals surface area contributed by atoms with E-state index in [0.29, 0.717) is 6.42 Å². The van der Waals surface area contributed by atoms with Crippen LogP contribution in [0.25, 0.3) is 0 Å². The summed E-state index contributed by atoms with van der Waals surface area (Å²) >= 11 is 14.1. The third-order valence-electron chi connectivity index (χ3n) is 9.30. The van der Waals surface area contributed by atoms with Crippen LogP contribution in [-0.4, -0.2) is 57.0 Å². The molecule has 2 heterocycles. The van der Waals surface area contributed by atoms with Gasteiger partial charge in [0.2, 0.25) is 17.6 Å². The van der Waals surface area contributed by atoms with Crippen molar-refractivity contribution in [2.75, 3.05) is 18.6 Å². The van der Waals surface area contributed by atoms with Crippen molar-refractivity contribution in [1.29, 1.82) is 0 Å². The predicted molar refractivity (Wildman–Crippen MR) is 148 cm³/mol. The fraction of sp³-hybridized carbons (Fsp3) is 0.400. The van der Waals surface area contributed by atoms with Crippen LogP contribution in [0.15, 0.2) is 29.8 Å². The van der Waals surface area contributed by atoms with Crippen molar-refractivity contribution in [3.05, 3.63) is 64.5 Å². The first kappa shape index (κ1) is 31.3. The summed E-state index contributed by atoms with van der Waals surface area (Å²) in [6.45, 7) is 1.89. The van der Waals surface area contributed by atoms with Gasteiger partial charge in [-0.1, -0.05) is 24.6 Å². The number of likely N-dealkylation sites (tertiary alicyclic amines) is 1. The van der Waals surface area contributed by atoms with Crippen LogP contribution in [-0.2, 0) is 19.2 Å². The largest absolute Gasteiger partial charge is 0.504 e. The van der Waals surface area contributed by atoms with E-state index in [1.165, 1.54) is 19.2 Å². The topological polar surface area (TPSA) is 104 Å². The number of phenolic OH excluding ortho intramolecular Hbond substituents is 1. The molecule has 1 N–H and O–H groups in total. The number of anilines is 1. The van der Waals surface area contributed by atoms with Crippen LogP contribution < -0.4 is 9.64 Å². The summed E-state index contributed by atoms with van der Waals surface area (Å²) in [5, 5.41) is 10.6. The molecule has 2 aliphatic heterocycles. The van der Waals surface area contributed by atoms with Crippen molar-refractivity contribution in [3.63, 3.8) is 0 Å². The number of allylic oxidation sites excluding steroid dienone is 2. The number of ether oxygens (including phenoxy) is 1. The summed E-state index contributed by atoms with van der Waals surface area (Å²) < 4.78 is 77.7. The van der Waals surface area contributed by atoms with Crippen LogP contribution in [0.4, 0.5) is 27.6 Å². The molecular weight excluding hydrogens is 650 g/mol. The molecule has 2 aromatic carbocycles. The Bertz CT molecular complexity index is 1730. The van der Waals surface area contributed by atoms with E-state index in [1.54, 1.807) is 13.0 Å². The Morgan fingerprint density at radius 1 is 0.933 bits per heavy atom. The van der Waals surface area contributed by atoms with Gasteiger partial charge in [-0.25, -0.2) is 26.9 Å². The average Bonchev–Trinajstić information content (AvgIpc) is 3.33. The number of hydrogen-bond acceptors (Lipinski definition) is 6. The summed E-state index contributed by atoms with van der Waals surface area (Å²) in [6.07, 6.45) is 1.48. The number of rotatable bonds is 5. The molecule has 238 valence electrons. The van der Waals surface area contributed by atoms with E-state index < -0.39 is 104 Å². The highest BCUT2D eigenvalue weighted by Crippen LogP contribution is 2.66. The lowest BCUT2D eigenvalue weighted by atomic mass is 9.56. The normalized spacial score (nSPS) is 30.8. The molecule has 15 heteroatoms. The third-order valence-corrected chi connectivity index (χ3v) is 10.7. The lowest BCUT2D eigenvalue weighted by molar-refractivity contribution is -0.140. The Balaban J connectivity index is 1.60. The van der Waals surface area contributed by atoms with Crippen molar-refractivity contribution in [2.24, 2.45) is 17.8 Å². The minimum atomic E-state index is -2.67. The van der Waals surface area contributed by atoms with Gasteiger partial charge in [0, 0.05) is 12.5 Å². The minimum absolute atomic E-state index is 0.00758. The molecule has 6 rings (SSSR count). The van der Waals surface area contributed by atoms with E-state index in [1.807, 2.05) is 0 Å².